The van der Waals surface area contributed by atoms with Crippen molar-refractivity contribution in [1.82, 2.24) is 5.43 Å². The third kappa shape index (κ3) is 5.50. The molecule has 0 aliphatic heterocycles. The minimum absolute atomic E-state index is 0.0359. The average molecular weight is 429 g/mol. The van der Waals surface area contributed by atoms with Crippen LogP contribution >= 0.6 is 15.9 Å². The van der Waals surface area contributed by atoms with E-state index < -0.39 is 5.97 Å². The Bertz CT molecular complexity index is 831. The summed E-state index contributed by atoms with van der Waals surface area (Å²) in [6.07, 6.45) is 6.71. The van der Waals surface area contributed by atoms with Crippen molar-refractivity contribution in [3.05, 3.63) is 64.1 Å². The third-order valence-electron chi connectivity index (χ3n) is 4.54. The molecule has 0 spiro atoms. The molecule has 0 heterocycles. The van der Waals surface area contributed by atoms with Crippen LogP contribution < -0.4 is 10.2 Å². The van der Waals surface area contributed by atoms with Crippen LogP contribution in [0.5, 0.6) is 5.75 Å². The van der Waals surface area contributed by atoms with Gasteiger partial charge in [0.1, 0.15) is 5.75 Å². The molecule has 1 saturated carbocycles. The lowest BCUT2D eigenvalue weighted by Crippen LogP contribution is -2.28. The molecule has 0 saturated heterocycles. The number of benzene rings is 2. The predicted octanol–water partition coefficient (Wildman–Crippen LogP) is 4.70. The molecular formula is C21H21BrN2O3. The van der Waals surface area contributed by atoms with Gasteiger partial charge in [-0.1, -0.05) is 53.4 Å². The molecule has 1 fully saturated rings. The number of nitrogens with one attached hydrogen (secondary N) is 1. The van der Waals surface area contributed by atoms with Crippen molar-refractivity contribution in [3.8, 4) is 5.75 Å². The fourth-order valence-corrected chi connectivity index (χ4v) is 3.45. The number of amides is 1. The molecule has 0 unspecified atom stereocenters. The maximum absolute atomic E-state index is 12.3. The van der Waals surface area contributed by atoms with E-state index in [-0.39, 0.29) is 11.8 Å². The average Bonchev–Trinajstić information content (AvgIpc) is 2.71. The fraction of sp³-hybridized carbons (Fsp3) is 0.286. The molecule has 2 aromatic rings. The summed E-state index contributed by atoms with van der Waals surface area (Å²) in [6, 6.07) is 14.0. The smallest absolute Gasteiger partial charge is 0.343 e. The van der Waals surface area contributed by atoms with Gasteiger partial charge >= 0.3 is 5.97 Å². The summed E-state index contributed by atoms with van der Waals surface area (Å²) >= 11 is 3.40. The summed E-state index contributed by atoms with van der Waals surface area (Å²) in [5, 5.41) is 4.06. The van der Waals surface area contributed by atoms with Crippen molar-refractivity contribution in [3.63, 3.8) is 0 Å². The fourth-order valence-electron chi connectivity index (χ4n) is 3.07. The number of hydrazone groups is 1. The van der Waals surface area contributed by atoms with E-state index in [2.05, 4.69) is 26.5 Å². The molecule has 0 bridgehead atoms. The van der Waals surface area contributed by atoms with E-state index in [0.29, 0.717) is 16.9 Å². The van der Waals surface area contributed by atoms with Crippen LogP contribution in [0.3, 0.4) is 0 Å². The second-order valence-corrected chi connectivity index (χ2v) is 7.42. The van der Waals surface area contributed by atoms with Crippen molar-refractivity contribution in [2.45, 2.75) is 32.1 Å². The number of carbonyl (C=O) groups is 2. The molecule has 1 aliphatic carbocycles. The zero-order valence-electron chi connectivity index (χ0n) is 14.9. The van der Waals surface area contributed by atoms with Crippen molar-refractivity contribution < 1.29 is 14.3 Å². The van der Waals surface area contributed by atoms with Crippen molar-refractivity contribution in [1.29, 1.82) is 0 Å². The van der Waals surface area contributed by atoms with Crippen LogP contribution in [0, 0.1) is 5.92 Å². The Labute approximate surface area is 166 Å². The number of carbonyl (C=O) groups excluding carboxylic acids is 2. The van der Waals surface area contributed by atoms with Gasteiger partial charge in [0.05, 0.1) is 11.8 Å². The number of nitrogens with zero attached hydrogens (tertiary/aromatic N) is 1. The highest BCUT2D eigenvalue weighted by Gasteiger charge is 2.20. The number of esters is 1. The molecule has 27 heavy (non-hydrogen) atoms. The molecule has 0 atom stereocenters. The van der Waals surface area contributed by atoms with E-state index in [1.54, 1.807) is 42.5 Å². The van der Waals surface area contributed by atoms with Gasteiger partial charge in [-0.25, -0.2) is 10.2 Å². The van der Waals surface area contributed by atoms with Gasteiger partial charge in [-0.05, 0) is 43.2 Å². The molecule has 5 nitrogen and oxygen atoms in total. The minimum Gasteiger partial charge on any atom is -0.422 e. The Hall–Kier alpha value is -2.47. The van der Waals surface area contributed by atoms with Gasteiger partial charge in [-0.3, -0.25) is 4.79 Å². The first-order valence-corrected chi connectivity index (χ1v) is 9.82. The lowest BCUT2D eigenvalue weighted by atomic mass is 9.89. The molecular weight excluding hydrogens is 408 g/mol. The zero-order chi connectivity index (χ0) is 19.1. The molecule has 0 aromatic heterocycles. The molecule has 6 heteroatoms. The van der Waals surface area contributed by atoms with E-state index >= 15 is 0 Å². The van der Waals surface area contributed by atoms with Crippen LogP contribution in [0.2, 0.25) is 0 Å². The highest BCUT2D eigenvalue weighted by molar-refractivity contribution is 9.10. The first-order chi connectivity index (χ1) is 13.1. The third-order valence-corrected chi connectivity index (χ3v) is 5.03. The highest BCUT2D eigenvalue weighted by Crippen LogP contribution is 2.24. The Balaban J connectivity index is 1.68. The van der Waals surface area contributed by atoms with Gasteiger partial charge in [0.2, 0.25) is 5.91 Å². The monoisotopic (exact) mass is 428 g/mol. The van der Waals surface area contributed by atoms with E-state index in [9.17, 15) is 9.59 Å². The van der Waals surface area contributed by atoms with Crippen LogP contribution in [0.25, 0.3) is 0 Å². The van der Waals surface area contributed by atoms with Crippen LogP contribution in [-0.4, -0.2) is 18.1 Å². The van der Waals surface area contributed by atoms with E-state index in [0.717, 1.165) is 30.2 Å². The van der Waals surface area contributed by atoms with Gasteiger partial charge in [-0.2, -0.15) is 5.10 Å². The molecule has 0 radical (unpaired) electrons. The van der Waals surface area contributed by atoms with Crippen molar-refractivity contribution in [2.75, 3.05) is 0 Å². The molecule has 1 N–H and O–H groups in total. The highest BCUT2D eigenvalue weighted by atomic mass is 79.9. The van der Waals surface area contributed by atoms with Gasteiger partial charge in [0, 0.05) is 16.0 Å². The summed E-state index contributed by atoms with van der Waals surface area (Å²) in [5.74, 6) is -0.0842. The summed E-state index contributed by atoms with van der Waals surface area (Å²) in [5.41, 5.74) is 3.67. The maximum Gasteiger partial charge on any atom is 0.343 e. The first kappa shape index (κ1) is 19.3. The van der Waals surface area contributed by atoms with E-state index in [4.69, 9.17) is 4.74 Å². The number of hydrogen-bond donors (Lipinski definition) is 1. The standard InChI is InChI=1S/C21H21BrN2O3/c22-18-11-12-19(27-21(26)16-9-5-2-6-10-16)17(13-18)14-23-24-20(25)15-7-3-1-4-8-15/h2,5-6,9-15H,1,3-4,7-8H2,(H,24,25)/b23-14-. The summed E-state index contributed by atoms with van der Waals surface area (Å²) in [6.45, 7) is 0. The quantitative estimate of drug-likeness (QED) is 0.324. The Morgan fingerprint density at radius 2 is 1.81 bits per heavy atom. The van der Waals surface area contributed by atoms with E-state index in [1.165, 1.54) is 12.6 Å². The summed E-state index contributed by atoms with van der Waals surface area (Å²) < 4.78 is 6.32. The van der Waals surface area contributed by atoms with Crippen LogP contribution in [-0.2, 0) is 4.79 Å². The number of ether oxygens (including phenoxy) is 1. The molecule has 1 aliphatic rings. The zero-order valence-corrected chi connectivity index (χ0v) is 16.4. The second kappa shape index (κ2) is 9.46. The van der Waals surface area contributed by atoms with Crippen LogP contribution in [0.4, 0.5) is 0 Å². The second-order valence-electron chi connectivity index (χ2n) is 6.51. The van der Waals surface area contributed by atoms with Crippen LogP contribution in [0.15, 0.2) is 58.1 Å². The maximum atomic E-state index is 12.3. The molecule has 2 aromatic carbocycles. The van der Waals surface area contributed by atoms with E-state index in [1.807, 2.05) is 6.07 Å². The summed E-state index contributed by atoms with van der Waals surface area (Å²) in [4.78, 5) is 24.5. The van der Waals surface area contributed by atoms with Crippen LogP contribution in [0.1, 0.15) is 48.0 Å². The van der Waals surface area contributed by atoms with Crippen molar-refractivity contribution >= 4 is 34.0 Å². The van der Waals surface area contributed by atoms with Gasteiger partial charge < -0.3 is 4.74 Å². The molecule has 140 valence electrons. The summed E-state index contributed by atoms with van der Waals surface area (Å²) in [7, 11) is 0. The number of rotatable bonds is 5. The number of hydrogen-bond acceptors (Lipinski definition) is 4. The normalized spacial score (nSPS) is 14.9. The number of halogens is 1. The van der Waals surface area contributed by atoms with Gasteiger partial charge in [0.25, 0.3) is 0 Å². The largest absolute Gasteiger partial charge is 0.422 e. The Kier molecular flexibility index (Phi) is 6.76. The van der Waals surface area contributed by atoms with Crippen molar-refractivity contribution in [2.24, 2.45) is 11.0 Å². The SMILES string of the molecule is O=C(Oc1ccc(Br)cc1/C=N\NC(=O)C1CCCCC1)c1ccccc1. The first-order valence-electron chi connectivity index (χ1n) is 9.03. The Morgan fingerprint density at radius 1 is 1.07 bits per heavy atom. The molecule has 1 amide bonds. The molecule has 3 rings (SSSR count). The lowest BCUT2D eigenvalue weighted by molar-refractivity contribution is -0.125. The Morgan fingerprint density at radius 3 is 2.56 bits per heavy atom. The van der Waals surface area contributed by atoms with Gasteiger partial charge in [0.15, 0.2) is 0 Å². The lowest BCUT2D eigenvalue weighted by Gasteiger charge is -2.19. The van der Waals surface area contributed by atoms with Gasteiger partial charge in [-0.15, -0.1) is 0 Å². The predicted molar refractivity (Wildman–Crippen MR) is 108 cm³/mol. The topological polar surface area (TPSA) is 67.8 Å². The minimum atomic E-state index is -0.446.